The minimum Gasteiger partial charge on any atom is -0.505 e. The molecule has 0 aliphatic rings. The summed E-state index contributed by atoms with van der Waals surface area (Å²) in [5.41, 5.74) is 0.883. The fourth-order valence-corrected chi connectivity index (χ4v) is 3.67. The van der Waals surface area contributed by atoms with Crippen molar-refractivity contribution in [2.24, 2.45) is 10.2 Å². The number of aromatic hydroxyl groups is 1. The minimum absolute atomic E-state index is 0.0164. The first-order valence-corrected chi connectivity index (χ1v) is 10.8. The molecule has 4 rings (SSSR count). The van der Waals surface area contributed by atoms with Crippen LogP contribution in [0, 0.1) is 0 Å². The Bertz CT molecular complexity index is 1420. The zero-order chi connectivity index (χ0) is 24.2. The van der Waals surface area contributed by atoms with Gasteiger partial charge in [0.25, 0.3) is 5.91 Å². The quantitative estimate of drug-likeness (QED) is 0.270. The van der Waals surface area contributed by atoms with Gasteiger partial charge >= 0.3 is 0 Å². The number of phenols is 1. The van der Waals surface area contributed by atoms with Crippen molar-refractivity contribution in [3.63, 3.8) is 0 Å². The van der Waals surface area contributed by atoms with E-state index in [4.69, 9.17) is 32.7 Å². The summed E-state index contributed by atoms with van der Waals surface area (Å²) in [7, 11) is 3.02. The number of hydrogen-bond acceptors (Lipinski definition) is 6. The Morgan fingerprint density at radius 2 is 1.74 bits per heavy atom. The lowest BCUT2D eigenvalue weighted by molar-refractivity contribution is 0.102. The molecule has 0 heterocycles. The van der Waals surface area contributed by atoms with Crippen LogP contribution in [-0.2, 0) is 0 Å². The van der Waals surface area contributed by atoms with Gasteiger partial charge in [-0.25, -0.2) is 0 Å². The van der Waals surface area contributed by atoms with Gasteiger partial charge in [-0.15, -0.1) is 10.2 Å². The lowest BCUT2D eigenvalue weighted by Crippen LogP contribution is -2.13. The number of rotatable bonds is 6. The minimum atomic E-state index is -0.552. The lowest BCUT2D eigenvalue weighted by atomic mass is 10.0. The average Bonchev–Trinajstić information content (AvgIpc) is 2.85. The predicted molar refractivity (Wildman–Crippen MR) is 134 cm³/mol. The second-order valence-corrected chi connectivity index (χ2v) is 8.00. The number of carbonyl (C=O) groups excluding carboxylic acids is 1. The van der Waals surface area contributed by atoms with E-state index in [0.717, 1.165) is 0 Å². The zero-order valence-electron chi connectivity index (χ0n) is 18.2. The molecule has 0 bridgehead atoms. The fourth-order valence-electron chi connectivity index (χ4n) is 3.35. The Balaban J connectivity index is 1.77. The van der Waals surface area contributed by atoms with Gasteiger partial charge in [-0.2, -0.15) is 0 Å². The molecule has 0 spiro atoms. The first kappa shape index (κ1) is 23.4. The Labute approximate surface area is 205 Å². The summed E-state index contributed by atoms with van der Waals surface area (Å²) in [6, 6.07) is 18.6. The number of benzene rings is 4. The fraction of sp³-hybridized carbons (Fsp3) is 0.0800. The Hall–Kier alpha value is -3.81. The van der Waals surface area contributed by atoms with Gasteiger partial charge in [-0.05, 0) is 41.8 Å². The lowest BCUT2D eigenvalue weighted by Gasteiger charge is -2.14. The number of halogens is 2. The maximum Gasteiger partial charge on any atom is 0.259 e. The van der Waals surface area contributed by atoms with E-state index in [2.05, 4.69) is 15.5 Å². The van der Waals surface area contributed by atoms with Gasteiger partial charge in [0.1, 0.15) is 22.9 Å². The summed E-state index contributed by atoms with van der Waals surface area (Å²) in [5.74, 6) is 0.101. The van der Waals surface area contributed by atoms with E-state index in [9.17, 15) is 9.90 Å². The molecule has 172 valence electrons. The number of hydrogen-bond donors (Lipinski definition) is 2. The number of phenolic OH excluding ortho intramolecular Hbond substituents is 1. The number of fused-ring (bicyclic) bond motifs is 1. The molecule has 34 heavy (non-hydrogen) atoms. The van der Waals surface area contributed by atoms with Crippen molar-refractivity contribution in [3.8, 4) is 17.2 Å². The monoisotopic (exact) mass is 495 g/mol. The van der Waals surface area contributed by atoms with Gasteiger partial charge in [0.15, 0.2) is 5.75 Å². The zero-order valence-corrected chi connectivity index (χ0v) is 19.7. The molecule has 0 saturated heterocycles. The number of azo groups is 1. The van der Waals surface area contributed by atoms with Crippen LogP contribution in [0.15, 0.2) is 77.0 Å². The van der Waals surface area contributed by atoms with Crippen molar-refractivity contribution < 1.29 is 19.4 Å². The van der Waals surface area contributed by atoms with E-state index in [1.165, 1.54) is 14.2 Å². The molecule has 0 aliphatic heterocycles. The molecule has 4 aromatic rings. The van der Waals surface area contributed by atoms with E-state index < -0.39 is 5.91 Å². The molecule has 9 heteroatoms. The van der Waals surface area contributed by atoms with Crippen molar-refractivity contribution in [1.82, 2.24) is 0 Å². The molecule has 1 amide bonds. The van der Waals surface area contributed by atoms with Crippen LogP contribution in [0.3, 0.4) is 0 Å². The van der Waals surface area contributed by atoms with Crippen LogP contribution in [0.5, 0.6) is 17.2 Å². The number of methoxy groups -OCH3 is 2. The molecule has 0 fully saturated rings. The largest absolute Gasteiger partial charge is 0.505 e. The van der Waals surface area contributed by atoms with Crippen molar-refractivity contribution in [3.05, 3.63) is 82.3 Å². The third kappa shape index (κ3) is 4.76. The van der Waals surface area contributed by atoms with Gasteiger partial charge in [0, 0.05) is 16.5 Å². The van der Waals surface area contributed by atoms with E-state index >= 15 is 0 Å². The van der Waals surface area contributed by atoms with Gasteiger partial charge in [-0.1, -0.05) is 47.5 Å². The maximum absolute atomic E-state index is 13.2. The summed E-state index contributed by atoms with van der Waals surface area (Å²) in [5, 5.41) is 24.3. The normalized spacial score (nSPS) is 11.1. The van der Waals surface area contributed by atoms with Crippen LogP contribution >= 0.6 is 23.2 Å². The van der Waals surface area contributed by atoms with Gasteiger partial charge in [-0.3, -0.25) is 4.79 Å². The molecule has 0 aromatic heterocycles. The Morgan fingerprint density at radius 1 is 0.941 bits per heavy atom. The summed E-state index contributed by atoms with van der Waals surface area (Å²) < 4.78 is 10.5. The number of amides is 1. The highest BCUT2D eigenvalue weighted by atomic mass is 35.5. The second-order valence-electron chi connectivity index (χ2n) is 7.16. The summed E-state index contributed by atoms with van der Waals surface area (Å²) in [6.07, 6.45) is 0. The maximum atomic E-state index is 13.2. The third-order valence-electron chi connectivity index (χ3n) is 5.06. The number of nitrogens with one attached hydrogen (secondary N) is 1. The van der Waals surface area contributed by atoms with E-state index in [0.29, 0.717) is 43.7 Å². The van der Waals surface area contributed by atoms with Gasteiger partial charge in [0.05, 0.1) is 30.5 Å². The molecule has 0 radical (unpaired) electrons. The predicted octanol–water partition coefficient (Wildman–Crippen LogP) is 7.54. The van der Waals surface area contributed by atoms with E-state index in [-0.39, 0.29) is 17.0 Å². The molecular weight excluding hydrogens is 477 g/mol. The Morgan fingerprint density at radius 3 is 2.50 bits per heavy atom. The number of ether oxygens (including phenoxy) is 2. The number of nitrogens with zero attached hydrogens (tertiary/aromatic N) is 2. The van der Waals surface area contributed by atoms with Crippen molar-refractivity contribution in [2.75, 3.05) is 19.5 Å². The SMILES string of the molecule is COc1ccc(NC(=O)c2cc3ccccc3c(N=Nc3cc(Cl)ccc3Cl)c2O)c(OC)c1. The third-order valence-corrected chi connectivity index (χ3v) is 5.62. The molecule has 0 saturated carbocycles. The standard InChI is InChI=1S/C25H19Cl2N3O4/c1-33-16-8-10-20(22(13-16)34-2)28-25(32)18-11-14-5-3-4-6-17(14)23(24(18)31)30-29-21-12-15(26)7-9-19(21)27/h3-13,31H,1-2H3,(H,28,32). The first-order valence-electron chi connectivity index (χ1n) is 10.1. The van der Waals surface area contributed by atoms with Crippen LogP contribution in [0.4, 0.5) is 17.1 Å². The first-order chi connectivity index (χ1) is 16.4. The molecule has 0 unspecified atom stereocenters. The van der Waals surface area contributed by atoms with Crippen LogP contribution in [-0.4, -0.2) is 25.2 Å². The topological polar surface area (TPSA) is 92.5 Å². The molecule has 4 aromatic carbocycles. The smallest absolute Gasteiger partial charge is 0.259 e. The number of carbonyl (C=O) groups is 1. The van der Waals surface area contributed by atoms with E-state index in [1.807, 2.05) is 12.1 Å². The van der Waals surface area contributed by atoms with Crippen LogP contribution in [0.1, 0.15) is 10.4 Å². The highest BCUT2D eigenvalue weighted by Crippen LogP contribution is 2.41. The second kappa shape index (κ2) is 9.99. The summed E-state index contributed by atoms with van der Waals surface area (Å²) >= 11 is 12.2. The van der Waals surface area contributed by atoms with Crippen molar-refractivity contribution in [2.45, 2.75) is 0 Å². The van der Waals surface area contributed by atoms with Crippen LogP contribution in [0.25, 0.3) is 10.8 Å². The van der Waals surface area contributed by atoms with Crippen LogP contribution < -0.4 is 14.8 Å². The molecule has 0 aliphatic carbocycles. The molecule has 2 N–H and O–H groups in total. The van der Waals surface area contributed by atoms with E-state index in [1.54, 1.807) is 54.6 Å². The summed E-state index contributed by atoms with van der Waals surface area (Å²) in [4.78, 5) is 13.2. The highest BCUT2D eigenvalue weighted by Gasteiger charge is 2.20. The average molecular weight is 496 g/mol. The molecule has 0 atom stereocenters. The summed E-state index contributed by atoms with van der Waals surface area (Å²) in [6.45, 7) is 0. The molecule has 7 nitrogen and oxygen atoms in total. The highest BCUT2D eigenvalue weighted by molar-refractivity contribution is 6.35. The van der Waals surface area contributed by atoms with Gasteiger partial charge in [0.2, 0.25) is 0 Å². The van der Waals surface area contributed by atoms with Crippen LogP contribution in [0.2, 0.25) is 10.0 Å². The molecular formula is C25H19Cl2N3O4. The van der Waals surface area contributed by atoms with Crippen molar-refractivity contribution in [1.29, 1.82) is 0 Å². The van der Waals surface area contributed by atoms with Gasteiger partial charge < -0.3 is 19.9 Å². The van der Waals surface area contributed by atoms with Crippen molar-refractivity contribution >= 4 is 56.9 Å². The Kier molecular flexibility index (Phi) is 6.86. The number of anilines is 1.